The number of nitrogen functional groups attached to an aromatic ring is 1. The normalized spacial score (nSPS) is 10.6. The number of carbonyl (C=O) groups excluding carboxylic acids is 1. The van der Waals surface area contributed by atoms with Crippen molar-refractivity contribution in [1.29, 1.82) is 0 Å². The summed E-state index contributed by atoms with van der Waals surface area (Å²) in [5.74, 6) is 0.114. The van der Waals surface area contributed by atoms with Gasteiger partial charge in [0.05, 0.1) is 0 Å². The number of nitrogens with two attached hydrogens (primary N) is 1. The Morgan fingerprint density at radius 1 is 1.20 bits per heavy atom. The Morgan fingerprint density at radius 2 is 1.90 bits per heavy atom. The van der Waals surface area contributed by atoms with E-state index in [-0.39, 0.29) is 5.91 Å². The van der Waals surface area contributed by atoms with Gasteiger partial charge in [-0.25, -0.2) is 0 Å². The van der Waals surface area contributed by atoms with Gasteiger partial charge in [-0.3, -0.25) is 4.79 Å². The molecule has 0 fully saturated rings. The Bertz CT molecular complexity index is 618. The average molecular weight is 289 g/mol. The maximum absolute atomic E-state index is 12.3. The number of para-hydroxylation sites is 1. The molecule has 0 radical (unpaired) electrons. The summed E-state index contributed by atoms with van der Waals surface area (Å²) in [6, 6.07) is 12.6. The van der Waals surface area contributed by atoms with Gasteiger partial charge in [-0.05, 0) is 35.7 Å². The van der Waals surface area contributed by atoms with E-state index in [1.165, 1.54) is 0 Å². The number of hydrogen-bond donors (Lipinski definition) is 2. The summed E-state index contributed by atoms with van der Waals surface area (Å²) < 4.78 is 0. The fourth-order valence-corrected chi connectivity index (χ4v) is 2.30. The third kappa shape index (κ3) is 3.31. The molecule has 104 valence electrons. The van der Waals surface area contributed by atoms with Gasteiger partial charge >= 0.3 is 0 Å². The summed E-state index contributed by atoms with van der Waals surface area (Å²) in [6.45, 7) is 4.17. The topological polar surface area (TPSA) is 55.1 Å². The van der Waals surface area contributed by atoms with E-state index in [0.717, 1.165) is 11.3 Å². The monoisotopic (exact) mass is 288 g/mol. The van der Waals surface area contributed by atoms with Crippen molar-refractivity contribution in [3.63, 3.8) is 0 Å². The van der Waals surface area contributed by atoms with Crippen LogP contribution in [0.1, 0.15) is 35.7 Å². The highest BCUT2D eigenvalue weighted by atomic mass is 35.5. The van der Waals surface area contributed by atoms with E-state index in [1.807, 2.05) is 24.3 Å². The number of halogens is 1. The molecule has 3 nitrogen and oxygen atoms in total. The molecule has 0 bridgehead atoms. The molecule has 0 saturated carbocycles. The number of carbonyl (C=O) groups is 1. The van der Waals surface area contributed by atoms with Crippen molar-refractivity contribution in [3.05, 3.63) is 58.6 Å². The second-order valence-electron chi connectivity index (χ2n) is 4.97. The van der Waals surface area contributed by atoms with E-state index in [4.69, 9.17) is 17.3 Å². The molecule has 0 aromatic heterocycles. The second-order valence-corrected chi connectivity index (χ2v) is 5.41. The van der Waals surface area contributed by atoms with Crippen molar-refractivity contribution in [2.24, 2.45) is 0 Å². The van der Waals surface area contributed by atoms with E-state index in [0.29, 0.717) is 22.2 Å². The Labute approximate surface area is 123 Å². The zero-order valence-electron chi connectivity index (χ0n) is 11.5. The van der Waals surface area contributed by atoms with Crippen LogP contribution in [0.5, 0.6) is 0 Å². The lowest BCUT2D eigenvalue weighted by atomic mass is 10.0. The maximum Gasteiger partial charge on any atom is 0.255 e. The zero-order chi connectivity index (χ0) is 14.7. The summed E-state index contributed by atoms with van der Waals surface area (Å²) in [6.07, 6.45) is 0. The SMILES string of the molecule is CC(C)c1ccccc1NC(=O)c1cc(N)cc(Cl)c1. The largest absolute Gasteiger partial charge is 0.399 e. The van der Waals surface area contributed by atoms with Gasteiger partial charge < -0.3 is 11.1 Å². The molecule has 2 rings (SSSR count). The summed E-state index contributed by atoms with van der Waals surface area (Å²) in [4.78, 5) is 12.3. The van der Waals surface area contributed by atoms with Gasteiger partial charge in [0, 0.05) is 22.0 Å². The first kappa shape index (κ1) is 14.4. The zero-order valence-corrected chi connectivity index (χ0v) is 12.2. The predicted molar refractivity (Wildman–Crippen MR) is 84.3 cm³/mol. The molecule has 0 unspecified atom stereocenters. The molecule has 0 heterocycles. The molecule has 0 atom stereocenters. The number of benzene rings is 2. The number of nitrogens with one attached hydrogen (secondary N) is 1. The molecule has 4 heteroatoms. The van der Waals surface area contributed by atoms with E-state index in [2.05, 4.69) is 19.2 Å². The summed E-state index contributed by atoms with van der Waals surface area (Å²) >= 11 is 5.92. The van der Waals surface area contributed by atoms with Crippen LogP contribution in [0.15, 0.2) is 42.5 Å². The fourth-order valence-electron chi connectivity index (χ4n) is 2.05. The highest BCUT2D eigenvalue weighted by molar-refractivity contribution is 6.31. The number of amides is 1. The van der Waals surface area contributed by atoms with Crippen LogP contribution < -0.4 is 11.1 Å². The van der Waals surface area contributed by atoms with E-state index < -0.39 is 0 Å². The van der Waals surface area contributed by atoms with Crippen LogP contribution in [0, 0.1) is 0 Å². The first-order valence-corrected chi connectivity index (χ1v) is 6.81. The van der Waals surface area contributed by atoms with Crippen molar-refractivity contribution in [3.8, 4) is 0 Å². The molecule has 0 aliphatic rings. The minimum atomic E-state index is -0.215. The first-order valence-electron chi connectivity index (χ1n) is 6.43. The molecular weight excluding hydrogens is 272 g/mol. The molecule has 0 aliphatic carbocycles. The molecule has 2 aromatic rings. The molecule has 20 heavy (non-hydrogen) atoms. The highest BCUT2D eigenvalue weighted by Gasteiger charge is 2.11. The van der Waals surface area contributed by atoms with Crippen molar-refractivity contribution >= 4 is 28.9 Å². The fraction of sp³-hybridized carbons (Fsp3) is 0.188. The summed E-state index contributed by atoms with van der Waals surface area (Å²) in [5, 5.41) is 3.36. The molecule has 0 spiro atoms. The molecule has 2 aromatic carbocycles. The number of hydrogen-bond acceptors (Lipinski definition) is 2. The summed E-state index contributed by atoms with van der Waals surface area (Å²) in [5.41, 5.74) is 8.53. The third-order valence-corrected chi connectivity index (χ3v) is 3.23. The highest BCUT2D eigenvalue weighted by Crippen LogP contribution is 2.25. The maximum atomic E-state index is 12.3. The van der Waals surface area contributed by atoms with Crippen molar-refractivity contribution in [2.45, 2.75) is 19.8 Å². The predicted octanol–water partition coefficient (Wildman–Crippen LogP) is 4.30. The lowest BCUT2D eigenvalue weighted by molar-refractivity contribution is 0.102. The molecule has 1 amide bonds. The Hall–Kier alpha value is -2.00. The standard InChI is InChI=1S/C16H17ClN2O/c1-10(2)14-5-3-4-6-15(14)19-16(20)11-7-12(17)9-13(18)8-11/h3-10H,18H2,1-2H3,(H,19,20). The Morgan fingerprint density at radius 3 is 2.55 bits per heavy atom. The minimum Gasteiger partial charge on any atom is -0.399 e. The number of anilines is 2. The smallest absolute Gasteiger partial charge is 0.255 e. The van der Waals surface area contributed by atoms with Crippen LogP contribution in [0.4, 0.5) is 11.4 Å². The van der Waals surface area contributed by atoms with Gasteiger partial charge in [0.1, 0.15) is 0 Å². The van der Waals surface area contributed by atoms with Crippen LogP contribution >= 0.6 is 11.6 Å². The molecule has 3 N–H and O–H groups in total. The minimum absolute atomic E-state index is 0.215. The second kappa shape index (κ2) is 5.97. The lowest BCUT2D eigenvalue weighted by Crippen LogP contribution is -2.14. The van der Waals surface area contributed by atoms with Crippen LogP contribution in [0.3, 0.4) is 0 Å². The van der Waals surface area contributed by atoms with Gasteiger partial charge in [0.2, 0.25) is 0 Å². The molecule has 0 aliphatic heterocycles. The molecular formula is C16H17ClN2O. The van der Waals surface area contributed by atoms with E-state index in [1.54, 1.807) is 18.2 Å². The van der Waals surface area contributed by atoms with E-state index >= 15 is 0 Å². The Kier molecular flexibility index (Phi) is 4.30. The van der Waals surface area contributed by atoms with Gasteiger partial charge in [0.25, 0.3) is 5.91 Å². The quantitative estimate of drug-likeness (QED) is 0.828. The van der Waals surface area contributed by atoms with E-state index in [9.17, 15) is 4.79 Å². The van der Waals surface area contributed by atoms with Crippen molar-refractivity contribution in [1.82, 2.24) is 0 Å². The van der Waals surface area contributed by atoms with Gasteiger partial charge in [-0.2, -0.15) is 0 Å². The lowest BCUT2D eigenvalue weighted by Gasteiger charge is -2.14. The Balaban J connectivity index is 2.28. The van der Waals surface area contributed by atoms with Gasteiger partial charge in [-0.15, -0.1) is 0 Å². The first-order chi connectivity index (χ1) is 9.47. The van der Waals surface area contributed by atoms with Crippen LogP contribution in [-0.2, 0) is 0 Å². The van der Waals surface area contributed by atoms with Crippen LogP contribution in [0.2, 0.25) is 5.02 Å². The van der Waals surface area contributed by atoms with Crippen LogP contribution in [-0.4, -0.2) is 5.91 Å². The van der Waals surface area contributed by atoms with Crippen molar-refractivity contribution in [2.75, 3.05) is 11.1 Å². The summed E-state index contributed by atoms with van der Waals surface area (Å²) in [7, 11) is 0. The van der Waals surface area contributed by atoms with Crippen molar-refractivity contribution < 1.29 is 4.79 Å². The van der Waals surface area contributed by atoms with Crippen LogP contribution in [0.25, 0.3) is 0 Å². The number of rotatable bonds is 3. The average Bonchev–Trinajstić information content (AvgIpc) is 2.37. The van der Waals surface area contributed by atoms with Gasteiger partial charge in [-0.1, -0.05) is 43.6 Å². The molecule has 0 saturated heterocycles. The van der Waals surface area contributed by atoms with Gasteiger partial charge in [0.15, 0.2) is 0 Å². The third-order valence-electron chi connectivity index (χ3n) is 3.01.